The Morgan fingerprint density at radius 2 is 1.79 bits per heavy atom. The van der Waals surface area contributed by atoms with Gasteiger partial charge in [0.25, 0.3) is 0 Å². The summed E-state index contributed by atoms with van der Waals surface area (Å²) in [4.78, 5) is 28.5. The summed E-state index contributed by atoms with van der Waals surface area (Å²) in [5.74, 6) is 1.13. The van der Waals surface area contributed by atoms with E-state index in [2.05, 4.69) is 52.4 Å². The minimum atomic E-state index is -0.452. The van der Waals surface area contributed by atoms with Crippen molar-refractivity contribution < 1.29 is 9.59 Å². The van der Waals surface area contributed by atoms with Gasteiger partial charge < -0.3 is 10.2 Å². The third-order valence-corrected chi connectivity index (χ3v) is 7.86. The van der Waals surface area contributed by atoms with Crippen molar-refractivity contribution in [1.29, 1.82) is 0 Å². The first-order valence-corrected chi connectivity index (χ1v) is 13.9. The predicted molar refractivity (Wildman–Crippen MR) is 141 cm³/mol. The van der Waals surface area contributed by atoms with E-state index in [0.29, 0.717) is 18.7 Å². The Balaban J connectivity index is 1.70. The van der Waals surface area contributed by atoms with Crippen LogP contribution in [0.2, 0.25) is 0 Å². The molecular weight excluding hydrogens is 496 g/mol. The van der Waals surface area contributed by atoms with Crippen molar-refractivity contribution in [1.82, 2.24) is 10.2 Å². The van der Waals surface area contributed by atoms with Crippen LogP contribution in [0.1, 0.15) is 62.1 Å². The second-order valence-electron chi connectivity index (χ2n) is 8.83. The van der Waals surface area contributed by atoms with Gasteiger partial charge in [0.2, 0.25) is 11.8 Å². The summed E-state index contributed by atoms with van der Waals surface area (Å²) >= 11 is 5.06. The molecule has 0 aliphatic heterocycles. The fourth-order valence-electron chi connectivity index (χ4n) is 4.35. The zero-order valence-electron chi connectivity index (χ0n) is 19.7. The molecule has 2 amide bonds. The largest absolute Gasteiger partial charge is 0.352 e. The maximum atomic E-state index is 13.4. The summed E-state index contributed by atoms with van der Waals surface area (Å²) in [6.07, 6.45) is 6.26. The maximum Gasteiger partial charge on any atom is 0.243 e. The highest BCUT2D eigenvalue weighted by Gasteiger charge is 2.30. The topological polar surface area (TPSA) is 49.4 Å². The molecule has 1 aliphatic carbocycles. The number of amides is 2. The Kier molecular flexibility index (Phi) is 10.3. The molecule has 2 aromatic rings. The van der Waals surface area contributed by atoms with Crippen molar-refractivity contribution in [3.63, 3.8) is 0 Å². The van der Waals surface area contributed by atoms with E-state index in [1.807, 2.05) is 31.2 Å². The third kappa shape index (κ3) is 7.89. The third-order valence-electron chi connectivity index (χ3n) is 6.35. The molecule has 0 unspecified atom stereocenters. The second kappa shape index (κ2) is 13.2. The Bertz CT molecular complexity index is 913. The number of thioether (sulfide) groups is 1. The second-order valence-corrected chi connectivity index (χ2v) is 10.7. The standard InChI is InChI=1S/C27H35BrN2O2S/c1-3-25(27(32)29-24-11-5-4-6-12-24)30(17-22-10-8-7-9-20(22)2)26(31)19-33-18-21-13-15-23(28)16-14-21/h7-10,13-16,24-25H,3-6,11-12,17-19H2,1-2H3,(H,29,32)/t25-/m1/s1. The molecule has 4 nitrogen and oxygen atoms in total. The minimum Gasteiger partial charge on any atom is -0.352 e. The van der Waals surface area contributed by atoms with Crippen LogP contribution in [-0.2, 0) is 21.9 Å². The van der Waals surface area contributed by atoms with Crippen LogP contribution in [-0.4, -0.2) is 34.6 Å². The van der Waals surface area contributed by atoms with E-state index >= 15 is 0 Å². The quantitative estimate of drug-likeness (QED) is 0.395. The fourth-order valence-corrected chi connectivity index (χ4v) is 5.49. The van der Waals surface area contributed by atoms with Crippen LogP contribution in [0.4, 0.5) is 0 Å². The zero-order valence-corrected chi connectivity index (χ0v) is 22.1. The lowest BCUT2D eigenvalue weighted by Crippen LogP contribution is -2.52. The highest BCUT2D eigenvalue weighted by Crippen LogP contribution is 2.21. The number of nitrogens with one attached hydrogen (secondary N) is 1. The van der Waals surface area contributed by atoms with Gasteiger partial charge in [-0.3, -0.25) is 9.59 Å². The zero-order chi connectivity index (χ0) is 23.6. The fraction of sp³-hybridized carbons (Fsp3) is 0.481. The molecule has 1 atom stereocenters. The van der Waals surface area contributed by atoms with Crippen molar-refractivity contribution in [2.45, 2.75) is 76.8 Å². The summed E-state index contributed by atoms with van der Waals surface area (Å²) in [7, 11) is 0. The minimum absolute atomic E-state index is 0.00996. The van der Waals surface area contributed by atoms with E-state index in [9.17, 15) is 9.59 Å². The van der Waals surface area contributed by atoms with Crippen LogP contribution in [0.5, 0.6) is 0 Å². The van der Waals surface area contributed by atoms with Crippen LogP contribution < -0.4 is 5.32 Å². The molecule has 0 saturated heterocycles. The van der Waals surface area contributed by atoms with Crippen molar-refractivity contribution >= 4 is 39.5 Å². The summed E-state index contributed by atoms with van der Waals surface area (Å²) in [5, 5.41) is 3.25. The maximum absolute atomic E-state index is 13.4. The Morgan fingerprint density at radius 1 is 1.09 bits per heavy atom. The number of benzene rings is 2. The number of nitrogens with zero attached hydrogens (tertiary/aromatic N) is 1. The van der Waals surface area contributed by atoms with Crippen molar-refractivity contribution in [2.75, 3.05) is 5.75 Å². The summed E-state index contributed by atoms with van der Waals surface area (Å²) in [6, 6.07) is 16.1. The first kappa shape index (κ1) is 25.8. The lowest BCUT2D eigenvalue weighted by atomic mass is 9.95. The molecule has 0 aromatic heterocycles. The van der Waals surface area contributed by atoms with Crippen LogP contribution in [0, 0.1) is 6.92 Å². The SMILES string of the molecule is CC[C@H](C(=O)NC1CCCCC1)N(Cc1ccccc1C)C(=O)CSCc1ccc(Br)cc1. The molecule has 0 spiro atoms. The van der Waals surface area contributed by atoms with Gasteiger partial charge in [0, 0.05) is 22.8 Å². The van der Waals surface area contributed by atoms with E-state index in [4.69, 9.17) is 0 Å². The molecule has 0 bridgehead atoms. The number of halogens is 1. The monoisotopic (exact) mass is 530 g/mol. The van der Waals surface area contributed by atoms with Gasteiger partial charge in [-0.1, -0.05) is 78.5 Å². The van der Waals surface area contributed by atoms with E-state index in [1.54, 1.807) is 16.7 Å². The smallest absolute Gasteiger partial charge is 0.243 e. The van der Waals surface area contributed by atoms with Crippen LogP contribution in [0.3, 0.4) is 0 Å². The van der Waals surface area contributed by atoms with Gasteiger partial charge in [0.1, 0.15) is 6.04 Å². The molecule has 3 rings (SSSR count). The number of hydrogen-bond donors (Lipinski definition) is 1. The molecule has 2 aromatic carbocycles. The summed E-state index contributed by atoms with van der Waals surface area (Å²) in [5.41, 5.74) is 3.41. The van der Waals surface area contributed by atoms with E-state index in [0.717, 1.165) is 34.2 Å². The number of rotatable bonds is 10. The normalized spacial score (nSPS) is 15.1. The Hall–Kier alpha value is -1.79. The highest BCUT2D eigenvalue weighted by atomic mass is 79.9. The van der Waals surface area contributed by atoms with Gasteiger partial charge in [-0.2, -0.15) is 0 Å². The lowest BCUT2D eigenvalue weighted by Gasteiger charge is -2.33. The number of aryl methyl sites for hydroxylation is 1. The molecule has 33 heavy (non-hydrogen) atoms. The van der Waals surface area contributed by atoms with Gasteiger partial charge in [0.05, 0.1) is 5.75 Å². The molecule has 178 valence electrons. The number of carbonyl (C=O) groups is 2. The molecular formula is C27H35BrN2O2S. The molecule has 0 radical (unpaired) electrons. The first-order chi connectivity index (χ1) is 16.0. The molecule has 1 N–H and O–H groups in total. The molecule has 6 heteroatoms. The molecule has 1 aliphatic rings. The number of carbonyl (C=O) groups excluding carboxylic acids is 2. The van der Waals surface area contributed by atoms with Crippen molar-refractivity contribution in [2.24, 2.45) is 0 Å². The summed E-state index contributed by atoms with van der Waals surface area (Å²) in [6.45, 7) is 4.52. The Labute approximate surface area is 211 Å². The summed E-state index contributed by atoms with van der Waals surface area (Å²) < 4.78 is 1.05. The first-order valence-electron chi connectivity index (χ1n) is 11.9. The molecule has 1 saturated carbocycles. The van der Waals surface area contributed by atoms with Crippen LogP contribution >= 0.6 is 27.7 Å². The molecule has 1 fully saturated rings. The van der Waals surface area contributed by atoms with Gasteiger partial charge in [-0.25, -0.2) is 0 Å². The highest BCUT2D eigenvalue weighted by molar-refractivity contribution is 9.10. The van der Waals surface area contributed by atoms with Gasteiger partial charge in [-0.15, -0.1) is 11.8 Å². The van der Waals surface area contributed by atoms with E-state index < -0.39 is 6.04 Å². The van der Waals surface area contributed by atoms with Crippen LogP contribution in [0.15, 0.2) is 53.0 Å². The van der Waals surface area contributed by atoms with E-state index in [-0.39, 0.29) is 17.9 Å². The average Bonchev–Trinajstić information content (AvgIpc) is 2.82. The molecule has 0 heterocycles. The van der Waals surface area contributed by atoms with Crippen molar-refractivity contribution in [3.8, 4) is 0 Å². The van der Waals surface area contributed by atoms with Gasteiger partial charge in [-0.05, 0) is 55.0 Å². The van der Waals surface area contributed by atoms with Crippen molar-refractivity contribution in [3.05, 3.63) is 69.7 Å². The lowest BCUT2D eigenvalue weighted by molar-refractivity contribution is -0.139. The van der Waals surface area contributed by atoms with E-state index in [1.165, 1.54) is 24.8 Å². The average molecular weight is 532 g/mol. The predicted octanol–water partition coefficient (Wildman–Crippen LogP) is 6.25. The number of hydrogen-bond acceptors (Lipinski definition) is 3. The van der Waals surface area contributed by atoms with Gasteiger partial charge >= 0.3 is 0 Å². The van der Waals surface area contributed by atoms with Crippen LogP contribution in [0.25, 0.3) is 0 Å². The van der Waals surface area contributed by atoms with Gasteiger partial charge in [0.15, 0.2) is 0 Å². The Morgan fingerprint density at radius 3 is 2.45 bits per heavy atom.